The van der Waals surface area contributed by atoms with Crippen LogP contribution in [0, 0.1) is 0 Å². The van der Waals surface area contributed by atoms with Crippen molar-refractivity contribution < 1.29 is 4.79 Å². The Hall–Kier alpha value is -0.851. The van der Waals surface area contributed by atoms with Crippen LogP contribution in [0.2, 0.25) is 0 Å². The number of benzene rings is 1. The van der Waals surface area contributed by atoms with Crippen molar-refractivity contribution in [1.82, 2.24) is 0 Å². The Bertz CT molecular complexity index is 354. The molecule has 0 N–H and O–H groups in total. The summed E-state index contributed by atoms with van der Waals surface area (Å²) in [4.78, 5) is 11.5. The van der Waals surface area contributed by atoms with Crippen LogP contribution in [0.25, 0.3) is 0 Å². The first kappa shape index (κ1) is 9.69. The van der Waals surface area contributed by atoms with Crippen LogP contribution in [0.4, 0.5) is 0 Å². The van der Waals surface area contributed by atoms with E-state index in [9.17, 15) is 4.79 Å². The molecule has 0 atom stereocenters. The number of Topliss-reactive ketones (excluding diaryl/α,β-unsaturated/α-hetero) is 1. The first-order valence-electron chi connectivity index (χ1n) is 4.82. The van der Waals surface area contributed by atoms with Crippen molar-refractivity contribution in [2.45, 2.75) is 19.3 Å². The fourth-order valence-electron chi connectivity index (χ4n) is 1.45. The van der Waals surface area contributed by atoms with Gasteiger partial charge in [0, 0.05) is 0 Å². The molecular formula is C12H12OSe. The summed E-state index contributed by atoms with van der Waals surface area (Å²) in [5.74, 6) is 0.361. The standard InChI is InChI=1S/C12H12OSe/c13-11-8-4-5-9-12(11)14-10-6-2-1-3-7-10/h1-3,6-7,9H,4-5,8H2. The van der Waals surface area contributed by atoms with Crippen molar-refractivity contribution in [1.29, 1.82) is 0 Å². The fraction of sp³-hybridized carbons (Fsp3) is 0.250. The second kappa shape index (κ2) is 4.58. The third-order valence-electron chi connectivity index (χ3n) is 2.18. The molecule has 1 aromatic carbocycles. The molecule has 1 aromatic rings. The molecule has 0 radical (unpaired) electrons. The Morgan fingerprint density at radius 3 is 2.64 bits per heavy atom. The van der Waals surface area contributed by atoms with Crippen LogP contribution in [0.15, 0.2) is 40.9 Å². The van der Waals surface area contributed by atoms with E-state index in [1.807, 2.05) is 18.2 Å². The van der Waals surface area contributed by atoms with Crippen molar-refractivity contribution in [3.05, 3.63) is 40.9 Å². The minimum absolute atomic E-state index is 0.221. The SMILES string of the molecule is O=C1CCCC=C1[Se]c1ccccc1. The monoisotopic (exact) mass is 252 g/mol. The van der Waals surface area contributed by atoms with Crippen LogP contribution in [-0.4, -0.2) is 20.7 Å². The zero-order valence-electron chi connectivity index (χ0n) is 7.90. The third-order valence-corrected chi connectivity index (χ3v) is 4.54. The van der Waals surface area contributed by atoms with Gasteiger partial charge in [-0.2, -0.15) is 0 Å². The summed E-state index contributed by atoms with van der Waals surface area (Å²) in [7, 11) is 0. The number of hydrogen-bond acceptors (Lipinski definition) is 1. The number of rotatable bonds is 2. The Kier molecular flexibility index (Phi) is 3.18. The second-order valence-electron chi connectivity index (χ2n) is 3.30. The summed E-state index contributed by atoms with van der Waals surface area (Å²) < 4.78 is 2.36. The molecule has 0 saturated heterocycles. The van der Waals surface area contributed by atoms with Gasteiger partial charge in [0.25, 0.3) is 0 Å². The molecular weight excluding hydrogens is 239 g/mol. The third kappa shape index (κ3) is 2.34. The molecule has 0 heterocycles. The van der Waals surface area contributed by atoms with Crippen LogP contribution in [-0.2, 0) is 4.79 Å². The molecule has 14 heavy (non-hydrogen) atoms. The number of allylic oxidation sites excluding steroid dienone is 2. The molecule has 1 nitrogen and oxygen atoms in total. The van der Waals surface area contributed by atoms with Gasteiger partial charge in [-0.25, -0.2) is 0 Å². The van der Waals surface area contributed by atoms with Gasteiger partial charge in [-0.1, -0.05) is 0 Å². The summed E-state index contributed by atoms with van der Waals surface area (Å²) in [6.07, 6.45) is 4.99. The maximum atomic E-state index is 11.5. The summed E-state index contributed by atoms with van der Waals surface area (Å²) in [5.41, 5.74) is 0. The van der Waals surface area contributed by atoms with Gasteiger partial charge in [0.1, 0.15) is 0 Å². The predicted octanol–water partition coefficient (Wildman–Crippen LogP) is 1.65. The van der Waals surface area contributed by atoms with Gasteiger partial charge in [0.15, 0.2) is 0 Å². The predicted molar refractivity (Wildman–Crippen MR) is 58.8 cm³/mol. The molecule has 0 spiro atoms. The molecule has 0 bridgehead atoms. The Morgan fingerprint density at radius 1 is 1.14 bits per heavy atom. The molecule has 0 saturated carbocycles. The number of carbonyl (C=O) groups is 1. The van der Waals surface area contributed by atoms with E-state index in [0.29, 0.717) is 5.78 Å². The van der Waals surface area contributed by atoms with Gasteiger partial charge in [-0.15, -0.1) is 0 Å². The second-order valence-corrected chi connectivity index (χ2v) is 5.64. The zero-order chi connectivity index (χ0) is 9.80. The summed E-state index contributed by atoms with van der Waals surface area (Å²) in [6, 6.07) is 10.3. The van der Waals surface area contributed by atoms with E-state index in [2.05, 4.69) is 18.2 Å². The van der Waals surface area contributed by atoms with Crippen molar-refractivity contribution in [2.24, 2.45) is 0 Å². The van der Waals surface area contributed by atoms with Crippen LogP contribution in [0.3, 0.4) is 0 Å². The number of carbonyl (C=O) groups excluding carboxylic acids is 1. The van der Waals surface area contributed by atoms with Gasteiger partial charge < -0.3 is 0 Å². The van der Waals surface area contributed by atoms with Crippen LogP contribution >= 0.6 is 0 Å². The van der Waals surface area contributed by atoms with Gasteiger partial charge in [0.05, 0.1) is 0 Å². The molecule has 2 heteroatoms. The molecule has 0 aliphatic heterocycles. The normalized spacial score (nSPS) is 16.6. The number of ketones is 1. The van der Waals surface area contributed by atoms with Crippen molar-refractivity contribution in [3.63, 3.8) is 0 Å². The van der Waals surface area contributed by atoms with Gasteiger partial charge in [0.2, 0.25) is 0 Å². The van der Waals surface area contributed by atoms with Crippen molar-refractivity contribution in [2.75, 3.05) is 0 Å². The van der Waals surface area contributed by atoms with Crippen molar-refractivity contribution >= 4 is 25.2 Å². The average Bonchev–Trinajstić information content (AvgIpc) is 2.23. The average molecular weight is 251 g/mol. The molecule has 0 aromatic heterocycles. The Morgan fingerprint density at radius 2 is 1.93 bits per heavy atom. The molecule has 72 valence electrons. The Labute approximate surface area is 90.4 Å². The van der Waals surface area contributed by atoms with Gasteiger partial charge >= 0.3 is 90.1 Å². The molecule has 0 fully saturated rings. The zero-order valence-corrected chi connectivity index (χ0v) is 9.61. The maximum absolute atomic E-state index is 11.5. The molecule has 2 rings (SSSR count). The van der Waals surface area contributed by atoms with Gasteiger partial charge in [-0.3, -0.25) is 0 Å². The number of hydrogen-bond donors (Lipinski definition) is 0. The topological polar surface area (TPSA) is 17.1 Å². The van der Waals surface area contributed by atoms with E-state index >= 15 is 0 Å². The van der Waals surface area contributed by atoms with Crippen LogP contribution in [0.1, 0.15) is 19.3 Å². The summed E-state index contributed by atoms with van der Waals surface area (Å²) in [5, 5.41) is 0. The molecule has 0 unspecified atom stereocenters. The fourth-order valence-corrected chi connectivity index (χ4v) is 3.47. The van der Waals surface area contributed by atoms with Gasteiger partial charge in [-0.05, 0) is 0 Å². The molecule has 1 aliphatic carbocycles. The van der Waals surface area contributed by atoms with Crippen molar-refractivity contribution in [3.8, 4) is 0 Å². The van der Waals surface area contributed by atoms with E-state index in [1.165, 1.54) is 4.46 Å². The first-order chi connectivity index (χ1) is 6.86. The summed E-state index contributed by atoms with van der Waals surface area (Å²) in [6.45, 7) is 0. The van der Waals surface area contributed by atoms with Crippen LogP contribution in [0.5, 0.6) is 0 Å². The quantitative estimate of drug-likeness (QED) is 0.730. The van der Waals surface area contributed by atoms with Crippen LogP contribution < -0.4 is 4.46 Å². The van der Waals surface area contributed by atoms with E-state index in [0.717, 1.165) is 23.7 Å². The molecule has 0 amide bonds. The molecule has 1 aliphatic rings. The Balaban J connectivity index is 2.11. The van der Waals surface area contributed by atoms with E-state index in [4.69, 9.17) is 0 Å². The van der Waals surface area contributed by atoms with E-state index < -0.39 is 0 Å². The summed E-state index contributed by atoms with van der Waals surface area (Å²) >= 11 is 0.221. The first-order valence-corrected chi connectivity index (χ1v) is 6.54. The minimum atomic E-state index is 0.221. The van der Waals surface area contributed by atoms with E-state index in [-0.39, 0.29) is 15.0 Å². The van der Waals surface area contributed by atoms with E-state index in [1.54, 1.807) is 0 Å².